The lowest BCUT2D eigenvalue weighted by Gasteiger charge is -2.40. The lowest BCUT2D eigenvalue weighted by Crippen LogP contribution is -2.53. The quantitative estimate of drug-likeness (QED) is 0.685. The number of rotatable bonds is 3. The zero-order valence-corrected chi connectivity index (χ0v) is 17.5. The molecule has 0 spiro atoms. The molecule has 1 heterocycles. The SMILES string of the molecule is O=C(O)C(=O)O.O=S(=O)(c1ccc(Cl)cc1)N1CCN(C2CC3CCC2C3)CC1. The number of hydrogen-bond acceptors (Lipinski definition) is 5. The number of aliphatic carboxylic acids is 2. The molecule has 3 atom stereocenters. The molecule has 0 radical (unpaired) electrons. The van der Waals surface area contributed by atoms with Gasteiger partial charge in [-0.2, -0.15) is 4.31 Å². The summed E-state index contributed by atoms with van der Waals surface area (Å²) < 4.78 is 27.1. The van der Waals surface area contributed by atoms with Gasteiger partial charge in [0.1, 0.15) is 0 Å². The molecule has 2 saturated carbocycles. The lowest BCUT2D eigenvalue weighted by atomic mass is 9.93. The number of halogens is 1. The van der Waals surface area contributed by atoms with Gasteiger partial charge in [0.2, 0.25) is 10.0 Å². The lowest BCUT2D eigenvalue weighted by molar-refractivity contribution is -0.159. The Morgan fingerprint density at radius 2 is 1.52 bits per heavy atom. The predicted molar refractivity (Wildman–Crippen MR) is 106 cm³/mol. The highest BCUT2D eigenvalue weighted by Gasteiger charge is 2.43. The first-order chi connectivity index (χ1) is 13.7. The molecule has 8 nitrogen and oxygen atoms in total. The molecule has 4 rings (SSSR count). The van der Waals surface area contributed by atoms with Crippen molar-refractivity contribution in [2.24, 2.45) is 11.8 Å². The number of carbonyl (C=O) groups is 2. The van der Waals surface area contributed by atoms with Crippen LogP contribution in [0.2, 0.25) is 5.02 Å². The van der Waals surface area contributed by atoms with Gasteiger partial charge >= 0.3 is 11.9 Å². The molecule has 2 aliphatic carbocycles. The third-order valence-corrected chi connectivity index (χ3v) is 8.24. The van der Waals surface area contributed by atoms with E-state index in [-0.39, 0.29) is 0 Å². The molecular weight excluding hydrogens is 420 g/mol. The summed E-state index contributed by atoms with van der Waals surface area (Å²) >= 11 is 5.86. The van der Waals surface area contributed by atoms with Gasteiger partial charge in [-0.05, 0) is 55.4 Å². The van der Waals surface area contributed by atoms with Gasteiger partial charge in [-0.1, -0.05) is 18.0 Å². The monoisotopic (exact) mass is 444 g/mol. The molecule has 2 bridgehead atoms. The van der Waals surface area contributed by atoms with Crippen molar-refractivity contribution in [2.45, 2.75) is 36.6 Å². The molecular formula is C19H25ClN2O6S. The highest BCUT2D eigenvalue weighted by molar-refractivity contribution is 7.89. The molecule has 0 aromatic heterocycles. The van der Waals surface area contributed by atoms with E-state index in [0.717, 1.165) is 24.9 Å². The van der Waals surface area contributed by atoms with Crippen molar-refractivity contribution in [1.82, 2.24) is 9.21 Å². The van der Waals surface area contributed by atoms with Crippen LogP contribution in [-0.2, 0) is 19.6 Å². The maximum atomic E-state index is 12.7. The Hall–Kier alpha value is -1.68. The maximum absolute atomic E-state index is 12.7. The number of hydrogen-bond donors (Lipinski definition) is 2. The minimum absolute atomic E-state index is 0.343. The zero-order chi connectivity index (χ0) is 21.2. The second kappa shape index (κ2) is 8.99. The van der Waals surface area contributed by atoms with E-state index in [9.17, 15) is 8.42 Å². The number of nitrogens with zero attached hydrogens (tertiary/aromatic N) is 2. The normalized spacial score (nSPS) is 27.3. The van der Waals surface area contributed by atoms with E-state index < -0.39 is 22.0 Å². The molecule has 3 unspecified atom stereocenters. The van der Waals surface area contributed by atoms with Crippen LogP contribution in [0.4, 0.5) is 0 Å². The van der Waals surface area contributed by atoms with Crippen LogP contribution in [0.5, 0.6) is 0 Å². The molecule has 0 amide bonds. The fourth-order valence-electron chi connectivity index (χ4n) is 4.69. The van der Waals surface area contributed by atoms with Gasteiger partial charge in [0.05, 0.1) is 4.90 Å². The van der Waals surface area contributed by atoms with E-state index in [1.165, 1.54) is 25.7 Å². The number of fused-ring (bicyclic) bond motifs is 2. The van der Waals surface area contributed by atoms with Gasteiger partial charge < -0.3 is 10.2 Å². The molecule has 1 saturated heterocycles. The Kier molecular flexibility index (Phi) is 6.83. The average Bonchev–Trinajstić information content (AvgIpc) is 3.32. The summed E-state index contributed by atoms with van der Waals surface area (Å²) in [5.74, 6) is -1.86. The standard InChI is InChI=1S/C17H23ClN2O2S.C2H2O4/c18-15-3-5-16(6-4-15)23(21,22)20-9-7-19(8-10-20)17-12-13-1-2-14(17)11-13;3-1(4)2(5)6/h3-6,13-14,17H,1-2,7-12H2;(H,3,4)(H,5,6). The van der Waals surface area contributed by atoms with Gasteiger partial charge in [0.15, 0.2) is 0 Å². The molecule has 1 aromatic carbocycles. The van der Waals surface area contributed by atoms with E-state index in [4.69, 9.17) is 31.4 Å². The summed E-state index contributed by atoms with van der Waals surface area (Å²) in [6.45, 7) is 2.92. The Labute approximate surface area is 175 Å². The smallest absolute Gasteiger partial charge is 0.414 e. The summed E-state index contributed by atoms with van der Waals surface area (Å²) in [5.41, 5.74) is 0. The molecule has 160 valence electrons. The number of piperazine rings is 1. The zero-order valence-electron chi connectivity index (χ0n) is 15.9. The fourth-order valence-corrected chi connectivity index (χ4v) is 6.24. The van der Waals surface area contributed by atoms with Crippen molar-refractivity contribution >= 4 is 33.6 Å². The first-order valence-electron chi connectivity index (χ1n) is 9.64. The van der Waals surface area contributed by atoms with Crippen molar-refractivity contribution in [3.8, 4) is 0 Å². The fraction of sp³-hybridized carbons (Fsp3) is 0.579. The minimum Gasteiger partial charge on any atom is -0.473 e. The highest BCUT2D eigenvalue weighted by atomic mass is 35.5. The number of benzene rings is 1. The summed E-state index contributed by atoms with van der Waals surface area (Å²) in [6.07, 6.45) is 5.51. The Morgan fingerprint density at radius 1 is 0.931 bits per heavy atom. The third kappa shape index (κ3) is 5.09. The van der Waals surface area contributed by atoms with Crippen LogP contribution in [0.15, 0.2) is 29.2 Å². The minimum atomic E-state index is -3.39. The molecule has 1 aromatic rings. The largest absolute Gasteiger partial charge is 0.473 e. The van der Waals surface area contributed by atoms with Gasteiger partial charge in [0, 0.05) is 37.2 Å². The first kappa shape index (κ1) is 22.0. The number of carboxylic acid groups (broad SMARTS) is 2. The second-order valence-electron chi connectivity index (χ2n) is 7.75. The van der Waals surface area contributed by atoms with Crippen molar-refractivity contribution in [2.75, 3.05) is 26.2 Å². The van der Waals surface area contributed by atoms with Crippen LogP contribution < -0.4 is 0 Å². The Balaban J connectivity index is 0.000000353. The van der Waals surface area contributed by atoms with Crippen LogP contribution in [0.25, 0.3) is 0 Å². The molecule has 3 fully saturated rings. The summed E-state index contributed by atoms with van der Waals surface area (Å²) in [7, 11) is -3.39. The molecule has 1 aliphatic heterocycles. The molecule has 10 heteroatoms. The van der Waals surface area contributed by atoms with Crippen molar-refractivity contribution in [1.29, 1.82) is 0 Å². The average molecular weight is 445 g/mol. The van der Waals surface area contributed by atoms with E-state index in [0.29, 0.717) is 29.0 Å². The summed E-state index contributed by atoms with van der Waals surface area (Å²) in [4.78, 5) is 21.1. The summed E-state index contributed by atoms with van der Waals surface area (Å²) in [5, 5.41) is 15.3. The first-order valence-corrected chi connectivity index (χ1v) is 11.5. The van der Waals surface area contributed by atoms with Crippen molar-refractivity contribution in [3.05, 3.63) is 29.3 Å². The van der Waals surface area contributed by atoms with Gasteiger partial charge in [-0.3, -0.25) is 4.90 Å². The maximum Gasteiger partial charge on any atom is 0.414 e. The Bertz CT molecular complexity index is 840. The number of sulfonamides is 1. The van der Waals surface area contributed by atoms with E-state index in [1.54, 1.807) is 28.6 Å². The third-order valence-electron chi connectivity index (χ3n) is 6.08. The van der Waals surface area contributed by atoms with Crippen LogP contribution in [0.1, 0.15) is 25.7 Å². The van der Waals surface area contributed by atoms with Gasteiger partial charge in [-0.25, -0.2) is 18.0 Å². The van der Waals surface area contributed by atoms with Gasteiger partial charge in [0.25, 0.3) is 0 Å². The topological polar surface area (TPSA) is 115 Å². The van der Waals surface area contributed by atoms with E-state index in [2.05, 4.69) is 4.90 Å². The van der Waals surface area contributed by atoms with Crippen LogP contribution >= 0.6 is 11.6 Å². The molecule has 3 aliphatic rings. The van der Waals surface area contributed by atoms with Gasteiger partial charge in [-0.15, -0.1) is 0 Å². The van der Waals surface area contributed by atoms with Crippen molar-refractivity contribution in [3.63, 3.8) is 0 Å². The van der Waals surface area contributed by atoms with Crippen LogP contribution in [-0.4, -0.2) is 72.0 Å². The second-order valence-corrected chi connectivity index (χ2v) is 10.1. The molecule has 29 heavy (non-hydrogen) atoms. The van der Waals surface area contributed by atoms with E-state index in [1.807, 2.05) is 0 Å². The van der Waals surface area contributed by atoms with Crippen molar-refractivity contribution < 1.29 is 28.2 Å². The van der Waals surface area contributed by atoms with E-state index >= 15 is 0 Å². The highest BCUT2D eigenvalue weighted by Crippen LogP contribution is 2.46. The van der Waals surface area contributed by atoms with Crippen LogP contribution in [0.3, 0.4) is 0 Å². The number of carboxylic acids is 2. The van der Waals surface area contributed by atoms with Crippen LogP contribution in [0, 0.1) is 11.8 Å². The Morgan fingerprint density at radius 3 is 1.97 bits per heavy atom. The predicted octanol–water partition coefficient (Wildman–Crippen LogP) is 1.99. The summed E-state index contributed by atoms with van der Waals surface area (Å²) in [6, 6.07) is 7.17. The molecule has 2 N–H and O–H groups in total.